The van der Waals surface area contributed by atoms with E-state index in [2.05, 4.69) is 5.32 Å². The van der Waals surface area contributed by atoms with Crippen molar-refractivity contribution in [1.82, 2.24) is 5.32 Å². The van der Waals surface area contributed by atoms with Crippen molar-refractivity contribution < 1.29 is 28.5 Å². The van der Waals surface area contributed by atoms with Crippen LogP contribution in [0.15, 0.2) is 42.4 Å². The van der Waals surface area contributed by atoms with E-state index in [-0.39, 0.29) is 12.3 Å². The van der Waals surface area contributed by atoms with Gasteiger partial charge in [-0.2, -0.15) is 0 Å². The summed E-state index contributed by atoms with van der Waals surface area (Å²) >= 11 is 1.29. The van der Waals surface area contributed by atoms with Crippen LogP contribution < -0.4 is 11.1 Å². The van der Waals surface area contributed by atoms with Gasteiger partial charge in [0.25, 0.3) is 5.91 Å². The number of esters is 1. The maximum atomic E-state index is 12.7. The molecule has 9 heteroatoms. The third-order valence-corrected chi connectivity index (χ3v) is 6.29. The van der Waals surface area contributed by atoms with Crippen LogP contribution in [0.5, 0.6) is 0 Å². The highest BCUT2D eigenvalue weighted by molar-refractivity contribution is 7.16. The van der Waals surface area contributed by atoms with Crippen LogP contribution in [0, 0.1) is 0 Å². The number of hydrogen-bond acceptors (Lipinski definition) is 8. The summed E-state index contributed by atoms with van der Waals surface area (Å²) in [5.41, 5.74) is 7.84. The van der Waals surface area contributed by atoms with E-state index < -0.39 is 29.9 Å². The van der Waals surface area contributed by atoms with Gasteiger partial charge in [-0.15, -0.1) is 11.3 Å². The fourth-order valence-corrected chi connectivity index (χ4v) is 4.86. The normalized spacial score (nSPS) is 19.7. The van der Waals surface area contributed by atoms with Crippen molar-refractivity contribution in [3.05, 3.63) is 63.9 Å². The molecular formula is C24H28N2O6S. The zero-order valence-electron chi connectivity index (χ0n) is 18.9. The maximum Gasteiger partial charge on any atom is 0.341 e. The van der Waals surface area contributed by atoms with Crippen LogP contribution in [0.3, 0.4) is 0 Å². The Morgan fingerprint density at radius 2 is 2.00 bits per heavy atom. The van der Waals surface area contributed by atoms with Crippen molar-refractivity contribution in [2.24, 2.45) is 0 Å². The van der Waals surface area contributed by atoms with Crippen LogP contribution in [0.1, 0.15) is 53.2 Å². The van der Waals surface area contributed by atoms with Crippen LogP contribution in [0.4, 0.5) is 5.00 Å². The van der Waals surface area contributed by atoms with Crippen LogP contribution >= 0.6 is 11.3 Å². The van der Waals surface area contributed by atoms with Crippen molar-refractivity contribution in [2.75, 3.05) is 18.9 Å². The lowest BCUT2D eigenvalue weighted by Gasteiger charge is -2.24. The van der Waals surface area contributed by atoms with E-state index in [9.17, 15) is 9.59 Å². The zero-order valence-corrected chi connectivity index (χ0v) is 19.7. The molecule has 2 aliphatic rings. The lowest BCUT2D eigenvalue weighted by molar-refractivity contribution is -0.124. The van der Waals surface area contributed by atoms with E-state index in [1.807, 2.05) is 51.1 Å². The summed E-state index contributed by atoms with van der Waals surface area (Å²) in [7, 11) is 0. The minimum absolute atomic E-state index is 0.118. The number of carbonyl (C=O) groups excluding carboxylic acids is 2. The van der Waals surface area contributed by atoms with Crippen LogP contribution in [-0.4, -0.2) is 36.9 Å². The summed E-state index contributed by atoms with van der Waals surface area (Å²) in [5.74, 6) is -0.710. The third-order valence-electron chi connectivity index (χ3n) is 5.13. The molecule has 0 radical (unpaired) electrons. The Morgan fingerprint density at radius 1 is 1.24 bits per heavy atom. The highest BCUT2D eigenvalue weighted by atomic mass is 32.1. The Labute approximate surface area is 196 Å². The summed E-state index contributed by atoms with van der Waals surface area (Å²) in [4.78, 5) is 26.1. The number of anilines is 1. The number of carbonyl (C=O) groups is 2. The van der Waals surface area contributed by atoms with E-state index in [0.717, 1.165) is 16.0 Å². The van der Waals surface area contributed by atoms with Crippen molar-refractivity contribution in [2.45, 2.75) is 51.6 Å². The lowest BCUT2D eigenvalue weighted by Crippen LogP contribution is -2.33. The molecule has 3 N–H and O–H groups in total. The topological polar surface area (TPSA) is 109 Å². The second-order valence-electron chi connectivity index (χ2n) is 8.86. The molecule has 3 heterocycles. The molecule has 2 aliphatic heterocycles. The first-order valence-corrected chi connectivity index (χ1v) is 11.6. The fourth-order valence-electron chi connectivity index (χ4n) is 3.71. The summed E-state index contributed by atoms with van der Waals surface area (Å²) < 4.78 is 22.5. The SMILES string of the molecule is CC(C)(C)OC(=O)c1c(N)sc2c1CCOC2CNC(=O)C1=COC(Cc2ccccc2)O1. The first kappa shape index (κ1) is 23.1. The quantitative estimate of drug-likeness (QED) is 0.620. The van der Waals surface area contributed by atoms with Crippen molar-refractivity contribution in [3.63, 3.8) is 0 Å². The number of thiophene rings is 1. The van der Waals surface area contributed by atoms with Gasteiger partial charge < -0.3 is 30.0 Å². The molecule has 1 aromatic carbocycles. The predicted octanol–water partition coefficient (Wildman–Crippen LogP) is 3.47. The number of benzene rings is 1. The van der Waals surface area contributed by atoms with E-state index in [0.29, 0.717) is 30.0 Å². The monoisotopic (exact) mass is 472 g/mol. The van der Waals surface area contributed by atoms with Gasteiger partial charge in [-0.25, -0.2) is 4.79 Å². The fraction of sp³-hybridized carbons (Fsp3) is 0.417. The van der Waals surface area contributed by atoms with Gasteiger partial charge in [-0.05, 0) is 38.3 Å². The largest absolute Gasteiger partial charge is 0.458 e. The Kier molecular flexibility index (Phi) is 6.62. The van der Waals surface area contributed by atoms with Crippen LogP contribution in [0.2, 0.25) is 0 Å². The molecule has 2 aromatic rings. The molecule has 0 fully saturated rings. The highest BCUT2D eigenvalue weighted by Gasteiger charge is 2.33. The Balaban J connectivity index is 1.36. The molecule has 2 unspecified atom stereocenters. The molecule has 0 aliphatic carbocycles. The molecule has 1 aromatic heterocycles. The number of ether oxygens (including phenoxy) is 4. The number of fused-ring (bicyclic) bond motifs is 1. The number of nitrogens with two attached hydrogens (primary N) is 1. The Bertz CT molecular complexity index is 1060. The van der Waals surface area contributed by atoms with Gasteiger partial charge in [-0.3, -0.25) is 4.79 Å². The number of amides is 1. The molecule has 176 valence electrons. The molecule has 0 saturated heterocycles. The average Bonchev–Trinajstić information content (AvgIpc) is 3.35. The number of hydrogen-bond donors (Lipinski definition) is 2. The standard InChI is InChI=1S/C24H28N2O6S/c1-24(2,3)32-23(28)19-15-9-10-29-16(20(15)33-21(19)25)12-26-22(27)17-13-30-18(31-17)11-14-7-5-4-6-8-14/h4-8,13,16,18H,9-12,25H2,1-3H3,(H,26,27). The first-order valence-electron chi connectivity index (χ1n) is 10.8. The minimum Gasteiger partial charge on any atom is -0.458 e. The second-order valence-corrected chi connectivity index (χ2v) is 9.94. The van der Waals surface area contributed by atoms with E-state index >= 15 is 0 Å². The van der Waals surface area contributed by atoms with Crippen molar-refractivity contribution in [3.8, 4) is 0 Å². The molecule has 8 nitrogen and oxygen atoms in total. The third kappa shape index (κ3) is 5.48. The molecule has 2 atom stereocenters. The summed E-state index contributed by atoms with van der Waals surface area (Å²) in [5, 5.41) is 3.23. The first-order chi connectivity index (χ1) is 15.7. The van der Waals surface area contributed by atoms with Crippen LogP contribution in [0.25, 0.3) is 0 Å². The van der Waals surface area contributed by atoms with E-state index in [4.69, 9.17) is 24.7 Å². The number of nitrogen functional groups attached to an aromatic ring is 1. The van der Waals surface area contributed by atoms with Gasteiger partial charge in [0.05, 0.1) is 12.2 Å². The zero-order chi connectivity index (χ0) is 23.6. The summed E-state index contributed by atoms with van der Waals surface area (Å²) in [6.45, 7) is 6.07. The molecule has 0 saturated carbocycles. The van der Waals surface area contributed by atoms with Crippen LogP contribution in [-0.2, 0) is 36.6 Å². The van der Waals surface area contributed by atoms with Crippen molar-refractivity contribution in [1.29, 1.82) is 0 Å². The van der Waals surface area contributed by atoms with E-state index in [1.54, 1.807) is 0 Å². The Morgan fingerprint density at radius 3 is 2.73 bits per heavy atom. The van der Waals surface area contributed by atoms with Crippen molar-refractivity contribution >= 4 is 28.2 Å². The van der Waals surface area contributed by atoms with Gasteiger partial charge in [0.2, 0.25) is 12.0 Å². The molecule has 0 bridgehead atoms. The molecule has 4 rings (SSSR count). The summed E-state index contributed by atoms with van der Waals surface area (Å²) in [6, 6.07) is 9.76. The number of rotatable bonds is 6. The van der Waals surface area contributed by atoms with Gasteiger partial charge in [0.15, 0.2) is 0 Å². The highest BCUT2D eigenvalue weighted by Crippen LogP contribution is 2.40. The van der Waals surface area contributed by atoms with Gasteiger partial charge in [0.1, 0.15) is 23.0 Å². The minimum atomic E-state index is -0.619. The predicted molar refractivity (Wildman–Crippen MR) is 123 cm³/mol. The summed E-state index contributed by atoms with van der Waals surface area (Å²) in [6.07, 6.45) is 1.47. The molecule has 33 heavy (non-hydrogen) atoms. The number of nitrogens with one attached hydrogen (secondary N) is 1. The van der Waals surface area contributed by atoms with Gasteiger partial charge in [-0.1, -0.05) is 30.3 Å². The lowest BCUT2D eigenvalue weighted by atomic mass is 10.0. The van der Waals surface area contributed by atoms with Gasteiger partial charge >= 0.3 is 5.97 Å². The molecular weight excluding hydrogens is 444 g/mol. The molecule has 1 amide bonds. The Hall–Kier alpha value is -3.04. The smallest absolute Gasteiger partial charge is 0.341 e. The van der Waals surface area contributed by atoms with Gasteiger partial charge in [0, 0.05) is 17.8 Å². The maximum absolute atomic E-state index is 12.7. The van der Waals surface area contributed by atoms with E-state index in [1.165, 1.54) is 17.6 Å². The average molecular weight is 473 g/mol. The molecule has 0 spiro atoms. The second kappa shape index (κ2) is 9.44.